The second kappa shape index (κ2) is 8.95. The van der Waals surface area contributed by atoms with Crippen molar-refractivity contribution in [3.05, 3.63) is 151 Å². The zero-order valence-corrected chi connectivity index (χ0v) is 23.9. The number of para-hydroxylation sites is 1. The molecular weight excluding hydrogens is 534 g/mol. The van der Waals surface area contributed by atoms with E-state index < -0.39 is 0 Å². The standard InChI is InChI=1S/C42H27NO/c1-2-11-26-23-38-36(22-25(26)10-1)28-21-20-27(24-37(28)43-38)40-30-13-3-5-15-32(30)41(33-16-6-4-14-31(33)40)35-18-9-17-34-29-12-7-8-19-39(29)44-42(34)35/h1-24,29,39,43H. The van der Waals surface area contributed by atoms with Crippen molar-refractivity contribution in [1.82, 2.24) is 4.98 Å². The lowest BCUT2D eigenvalue weighted by Crippen LogP contribution is -2.15. The van der Waals surface area contributed by atoms with E-state index in [1.165, 1.54) is 70.9 Å². The van der Waals surface area contributed by atoms with Crippen molar-refractivity contribution in [3.8, 4) is 28.0 Å². The van der Waals surface area contributed by atoms with Crippen LogP contribution in [-0.4, -0.2) is 11.1 Å². The van der Waals surface area contributed by atoms with Gasteiger partial charge in [-0.2, -0.15) is 0 Å². The van der Waals surface area contributed by atoms with E-state index in [1.54, 1.807) is 0 Å². The summed E-state index contributed by atoms with van der Waals surface area (Å²) in [4.78, 5) is 3.74. The molecule has 0 bridgehead atoms. The van der Waals surface area contributed by atoms with Gasteiger partial charge in [-0.25, -0.2) is 0 Å². The molecule has 0 radical (unpaired) electrons. The van der Waals surface area contributed by atoms with Crippen LogP contribution in [0, 0.1) is 0 Å². The van der Waals surface area contributed by atoms with Crippen LogP contribution in [0.2, 0.25) is 0 Å². The summed E-state index contributed by atoms with van der Waals surface area (Å²) in [5.74, 6) is 1.26. The normalized spacial score (nSPS) is 17.1. The second-order valence-electron chi connectivity index (χ2n) is 12.1. The van der Waals surface area contributed by atoms with Gasteiger partial charge in [0.15, 0.2) is 0 Å². The molecule has 206 valence electrons. The molecule has 2 heterocycles. The highest BCUT2D eigenvalue weighted by molar-refractivity contribution is 6.22. The number of rotatable bonds is 2. The molecule has 44 heavy (non-hydrogen) atoms. The summed E-state index contributed by atoms with van der Waals surface area (Å²) in [7, 11) is 0. The van der Waals surface area contributed by atoms with Crippen LogP contribution in [0.5, 0.6) is 5.75 Å². The summed E-state index contributed by atoms with van der Waals surface area (Å²) in [5, 5.41) is 10.00. The largest absolute Gasteiger partial charge is 0.484 e. The van der Waals surface area contributed by atoms with Crippen molar-refractivity contribution in [2.24, 2.45) is 0 Å². The molecule has 0 saturated carbocycles. The third-order valence-electron chi connectivity index (χ3n) is 9.70. The lowest BCUT2D eigenvalue weighted by atomic mass is 9.84. The number of hydrogen-bond donors (Lipinski definition) is 1. The second-order valence-corrected chi connectivity index (χ2v) is 12.1. The first kappa shape index (κ1) is 23.9. The van der Waals surface area contributed by atoms with E-state index in [2.05, 4.69) is 151 Å². The monoisotopic (exact) mass is 561 g/mol. The molecule has 2 atom stereocenters. The van der Waals surface area contributed by atoms with Crippen molar-refractivity contribution in [2.75, 3.05) is 0 Å². The predicted molar refractivity (Wildman–Crippen MR) is 185 cm³/mol. The highest BCUT2D eigenvalue weighted by Crippen LogP contribution is 2.51. The minimum Gasteiger partial charge on any atom is -0.484 e. The topological polar surface area (TPSA) is 25.0 Å². The summed E-state index contributed by atoms with van der Waals surface area (Å²) in [6.45, 7) is 0. The molecule has 1 aliphatic carbocycles. The minimum atomic E-state index is 0.0496. The Morgan fingerprint density at radius 1 is 0.500 bits per heavy atom. The molecule has 1 aromatic heterocycles. The Hall–Kier alpha value is -5.60. The Labute approximate surface area is 254 Å². The summed E-state index contributed by atoms with van der Waals surface area (Å²) >= 11 is 0. The molecule has 0 fully saturated rings. The molecule has 2 unspecified atom stereocenters. The first-order valence-electron chi connectivity index (χ1n) is 15.3. The molecule has 2 heteroatoms. The number of ether oxygens (including phenoxy) is 1. The Bertz CT molecular complexity index is 2490. The van der Waals surface area contributed by atoms with Crippen LogP contribution in [0.3, 0.4) is 0 Å². The van der Waals surface area contributed by atoms with Crippen LogP contribution in [0.1, 0.15) is 11.5 Å². The number of hydrogen-bond acceptors (Lipinski definition) is 1. The Balaban J connectivity index is 1.24. The molecule has 0 saturated heterocycles. The molecule has 10 rings (SSSR count). The van der Waals surface area contributed by atoms with Gasteiger partial charge < -0.3 is 9.72 Å². The van der Waals surface area contributed by atoms with Gasteiger partial charge >= 0.3 is 0 Å². The number of aromatic nitrogens is 1. The average molecular weight is 562 g/mol. The third-order valence-corrected chi connectivity index (χ3v) is 9.70. The van der Waals surface area contributed by atoms with Crippen molar-refractivity contribution in [3.63, 3.8) is 0 Å². The van der Waals surface area contributed by atoms with E-state index >= 15 is 0 Å². The maximum absolute atomic E-state index is 6.67. The third kappa shape index (κ3) is 3.31. The molecule has 0 amide bonds. The molecule has 7 aromatic carbocycles. The zero-order valence-electron chi connectivity index (χ0n) is 23.9. The number of aromatic amines is 1. The van der Waals surface area contributed by atoms with Gasteiger partial charge in [0.25, 0.3) is 0 Å². The molecule has 8 aromatic rings. The number of allylic oxidation sites excluding steroid dienone is 2. The molecule has 2 nitrogen and oxygen atoms in total. The number of H-pyrrole nitrogens is 1. The van der Waals surface area contributed by atoms with E-state index in [-0.39, 0.29) is 12.0 Å². The van der Waals surface area contributed by atoms with Crippen LogP contribution < -0.4 is 4.74 Å². The molecule has 1 N–H and O–H groups in total. The predicted octanol–water partition coefficient (Wildman–Crippen LogP) is 11.1. The van der Waals surface area contributed by atoms with Gasteiger partial charge in [0.1, 0.15) is 11.9 Å². The highest BCUT2D eigenvalue weighted by Gasteiger charge is 2.34. The Morgan fingerprint density at radius 3 is 1.93 bits per heavy atom. The van der Waals surface area contributed by atoms with Crippen molar-refractivity contribution in [2.45, 2.75) is 12.0 Å². The highest BCUT2D eigenvalue weighted by atomic mass is 16.5. The molecule has 2 aliphatic rings. The summed E-state index contributed by atoms with van der Waals surface area (Å²) in [6.07, 6.45) is 8.73. The number of benzene rings is 7. The van der Waals surface area contributed by atoms with E-state index in [1.807, 2.05) is 0 Å². The quantitative estimate of drug-likeness (QED) is 0.209. The van der Waals surface area contributed by atoms with Gasteiger partial charge in [-0.15, -0.1) is 0 Å². The van der Waals surface area contributed by atoms with Crippen LogP contribution in [0.15, 0.2) is 146 Å². The van der Waals surface area contributed by atoms with Gasteiger partial charge in [-0.05, 0) is 67.7 Å². The fraction of sp³-hybridized carbons (Fsp3) is 0.0476. The van der Waals surface area contributed by atoms with Gasteiger partial charge in [0.2, 0.25) is 0 Å². The van der Waals surface area contributed by atoms with Crippen molar-refractivity contribution >= 4 is 54.1 Å². The zero-order chi connectivity index (χ0) is 28.8. The maximum Gasteiger partial charge on any atom is 0.132 e. The summed E-state index contributed by atoms with van der Waals surface area (Å²) in [6, 6.07) is 44.5. The van der Waals surface area contributed by atoms with Gasteiger partial charge in [-0.3, -0.25) is 0 Å². The van der Waals surface area contributed by atoms with E-state index in [0.717, 1.165) is 16.8 Å². The van der Waals surface area contributed by atoms with Crippen LogP contribution in [0.4, 0.5) is 0 Å². The summed E-state index contributed by atoms with van der Waals surface area (Å²) in [5.41, 5.74) is 8.47. The Morgan fingerprint density at radius 2 is 1.16 bits per heavy atom. The van der Waals surface area contributed by atoms with Crippen LogP contribution in [-0.2, 0) is 0 Å². The van der Waals surface area contributed by atoms with Gasteiger partial charge in [0.05, 0.1) is 0 Å². The van der Waals surface area contributed by atoms with Crippen molar-refractivity contribution < 1.29 is 4.74 Å². The van der Waals surface area contributed by atoms with Crippen LogP contribution >= 0.6 is 0 Å². The fourth-order valence-electron chi connectivity index (χ4n) is 7.74. The lowest BCUT2D eigenvalue weighted by Gasteiger charge is -2.19. The SMILES string of the molecule is C1=CC2Oc3c(-c4c5ccccc5c(-c5ccc6c(c5)[nH]c5cc7ccccc7cc56)c5ccccc45)cccc3C2C=C1. The molecule has 1 aliphatic heterocycles. The first-order valence-corrected chi connectivity index (χ1v) is 15.3. The minimum absolute atomic E-state index is 0.0496. The Kier molecular flexibility index (Phi) is 4.86. The smallest absolute Gasteiger partial charge is 0.132 e. The van der Waals surface area contributed by atoms with E-state index in [0.29, 0.717) is 0 Å². The van der Waals surface area contributed by atoms with Crippen LogP contribution in [0.25, 0.3) is 76.4 Å². The summed E-state index contributed by atoms with van der Waals surface area (Å²) < 4.78 is 6.67. The van der Waals surface area contributed by atoms with Gasteiger partial charge in [0, 0.05) is 44.4 Å². The molecule has 0 spiro atoms. The van der Waals surface area contributed by atoms with Gasteiger partial charge in [-0.1, -0.05) is 121 Å². The van der Waals surface area contributed by atoms with E-state index in [4.69, 9.17) is 4.74 Å². The molecular formula is C42H27NO. The maximum atomic E-state index is 6.67. The van der Waals surface area contributed by atoms with Crippen molar-refractivity contribution in [1.29, 1.82) is 0 Å². The number of nitrogens with one attached hydrogen (secondary N) is 1. The lowest BCUT2D eigenvalue weighted by molar-refractivity contribution is 0.270. The fourth-order valence-corrected chi connectivity index (χ4v) is 7.74. The average Bonchev–Trinajstić information content (AvgIpc) is 3.63. The van der Waals surface area contributed by atoms with E-state index in [9.17, 15) is 0 Å². The first-order chi connectivity index (χ1) is 21.8. The number of fused-ring (bicyclic) bond motifs is 9.